The molecule has 0 unspecified atom stereocenters. The molecule has 0 saturated carbocycles. The van der Waals surface area contributed by atoms with Crippen LogP contribution in [0.5, 0.6) is 5.75 Å². The molecule has 0 saturated heterocycles. The molecule has 0 atom stereocenters. The molecule has 0 aliphatic rings. The van der Waals surface area contributed by atoms with Crippen molar-refractivity contribution in [2.24, 2.45) is 0 Å². The molecule has 0 heterocycles. The molecule has 0 spiro atoms. The first-order valence-electron chi connectivity index (χ1n) is 5.59. The molecule has 2 rings (SSSR count). The van der Waals surface area contributed by atoms with Crippen LogP contribution in [0.2, 0.25) is 0 Å². The normalized spacial score (nSPS) is 10.7. The third kappa shape index (κ3) is 2.75. The van der Waals surface area contributed by atoms with Crippen molar-refractivity contribution in [1.82, 2.24) is 0 Å². The van der Waals surface area contributed by atoms with Gasteiger partial charge in [-0.2, -0.15) is 0 Å². The van der Waals surface area contributed by atoms with E-state index in [9.17, 15) is 0 Å². The van der Waals surface area contributed by atoms with Gasteiger partial charge in [0.25, 0.3) is 0 Å². The van der Waals surface area contributed by atoms with Crippen molar-refractivity contribution in [2.45, 2.75) is 6.61 Å². The van der Waals surface area contributed by atoms with E-state index in [0.29, 0.717) is 13.2 Å². The Balaban J connectivity index is 2.33. The van der Waals surface area contributed by atoms with Crippen molar-refractivity contribution in [2.75, 3.05) is 20.3 Å². The number of hydrogen-bond acceptors (Lipinski definition) is 3. The van der Waals surface area contributed by atoms with Crippen molar-refractivity contribution in [3.05, 3.63) is 42.0 Å². The predicted molar refractivity (Wildman–Crippen MR) is 67.2 cm³/mol. The van der Waals surface area contributed by atoms with E-state index in [0.717, 1.165) is 22.1 Å². The molecule has 0 aliphatic heterocycles. The molecule has 1 N–H and O–H groups in total. The summed E-state index contributed by atoms with van der Waals surface area (Å²) in [6.45, 7) is 1.14. The van der Waals surface area contributed by atoms with Crippen LogP contribution in [0.15, 0.2) is 36.4 Å². The van der Waals surface area contributed by atoms with Gasteiger partial charge in [-0.05, 0) is 23.1 Å². The Morgan fingerprint density at radius 2 is 2.00 bits per heavy atom. The van der Waals surface area contributed by atoms with Crippen LogP contribution in [0, 0.1) is 0 Å². The van der Waals surface area contributed by atoms with Gasteiger partial charge in [-0.1, -0.05) is 24.3 Å². The summed E-state index contributed by atoms with van der Waals surface area (Å²) in [5.74, 6) is 0.829. The summed E-state index contributed by atoms with van der Waals surface area (Å²) < 4.78 is 10.6. The molecule has 3 heteroatoms. The van der Waals surface area contributed by atoms with Crippen molar-refractivity contribution in [3.63, 3.8) is 0 Å². The number of hydrogen-bond donors (Lipinski definition) is 1. The van der Waals surface area contributed by atoms with Gasteiger partial charge in [0, 0.05) is 12.5 Å². The second-order valence-corrected chi connectivity index (χ2v) is 3.81. The summed E-state index contributed by atoms with van der Waals surface area (Å²) in [7, 11) is 1.65. The standard InChI is InChI=1S/C14H16O3/c1-16-7-8-17-14-4-2-3-12-6-5-11(10-15)9-13(12)14/h2-6,9,15H,7-8,10H2,1H3. The average molecular weight is 232 g/mol. The van der Waals surface area contributed by atoms with Gasteiger partial charge in [0.15, 0.2) is 0 Å². The third-order valence-electron chi connectivity index (χ3n) is 2.63. The van der Waals surface area contributed by atoms with Crippen LogP contribution in [-0.2, 0) is 11.3 Å². The molecular weight excluding hydrogens is 216 g/mol. The number of methoxy groups -OCH3 is 1. The molecule has 0 radical (unpaired) electrons. The molecule has 0 aliphatic carbocycles. The zero-order valence-electron chi connectivity index (χ0n) is 9.85. The minimum atomic E-state index is 0.0440. The van der Waals surface area contributed by atoms with Crippen LogP contribution in [0.4, 0.5) is 0 Å². The van der Waals surface area contributed by atoms with E-state index in [4.69, 9.17) is 14.6 Å². The second kappa shape index (κ2) is 5.66. The van der Waals surface area contributed by atoms with Gasteiger partial charge in [0.05, 0.1) is 13.2 Å². The fraction of sp³-hybridized carbons (Fsp3) is 0.286. The maximum absolute atomic E-state index is 9.14. The minimum absolute atomic E-state index is 0.0440. The van der Waals surface area contributed by atoms with E-state index in [1.54, 1.807) is 7.11 Å². The highest BCUT2D eigenvalue weighted by molar-refractivity contribution is 5.88. The second-order valence-electron chi connectivity index (χ2n) is 3.81. The summed E-state index contributed by atoms with van der Waals surface area (Å²) >= 11 is 0. The number of benzene rings is 2. The zero-order valence-corrected chi connectivity index (χ0v) is 9.85. The lowest BCUT2D eigenvalue weighted by Crippen LogP contribution is -2.04. The quantitative estimate of drug-likeness (QED) is 0.804. The number of ether oxygens (including phenoxy) is 2. The molecular formula is C14H16O3. The SMILES string of the molecule is COCCOc1cccc2ccc(CO)cc12. The fourth-order valence-electron chi connectivity index (χ4n) is 1.75. The maximum Gasteiger partial charge on any atom is 0.127 e. The van der Waals surface area contributed by atoms with Crippen LogP contribution in [0.3, 0.4) is 0 Å². The average Bonchev–Trinajstić information content (AvgIpc) is 2.39. The predicted octanol–water partition coefficient (Wildman–Crippen LogP) is 2.36. The van der Waals surface area contributed by atoms with Gasteiger partial charge in [-0.15, -0.1) is 0 Å². The number of aliphatic hydroxyl groups excluding tert-OH is 1. The molecule has 17 heavy (non-hydrogen) atoms. The molecule has 2 aromatic carbocycles. The van der Waals surface area contributed by atoms with E-state index in [-0.39, 0.29) is 6.61 Å². The van der Waals surface area contributed by atoms with Gasteiger partial charge in [0.1, 0.15) is 12.4 Å². The first-order valence-corrected chi connectivity index (χ1v) is 5.59. The first kappa shape index (κ1) is 11.9. The van der Waals surface area contributed by atoms with Crippen LogP contribution < -0.4 is 4.74 Å². The molecule has 2 aromatic rings. The smallest absolute Gasteiger partial charge is 0.127 e. The summed E-state index contributed by atoms with van der Waals surface area (Å²) in [5.41, 5.74) is 0.889. The van der Waals surface area contributed by atoms with Crippen LogP contribution in [0.25, 0.3) is 10.8 Å². The molecule has 0 fully saturated rings. The lowest BCUT2D eigenvalue weighted by atomic mass is 10.1. The van der Waals surface area contributed by atoms with Crippen LogP contribution >= 0.6 is 0 Å². The fourth-order valence-corrected chi connectivity index (χ4v) is 1.75. The Kier molecular flexibility index (Phi) is 3.96. The van der Waals surface area contributed by atoms with E-state index >= 15 is 0 Å². The molecule has 90 valence electrons. The summed E-state index contributed by atoms with van der Waals surface area (Å²) in [6.07, 6.45) is 0. The van der Waals surface area contributed by atoms with Crippen molar-refractivity contribution >= 4 is 10.8 Å². The van der Waals surface area contributed by atoms with Crippen LogP contribution in [-0.4, -0.2) is 25.4 Å². The lowest BCUT2D eigenvalue weighted by Gasteiger charge is -2.09. The molecule has 0 bridgehead atoms. The Labute approximate surface area is 101 Å². The number of fused-ring (bicyclic) bond motifs is 1. The summed E-state index contributed by atoms with van der Waals surface area (Å²) in [6, 6.07) is 11.8. The summed E-state index contributed by atoms with van der Waals surface area (Å²) in [5, 5.41) is 11.3. The summed E-state index contributed by atoms with van der Waals surface area (Å²) in [4.78, 5) is 0. The number of rotatable bonds is 5. The largest absolute Gasteiger partial charge is 0.491 e. The maximum atomic E-state index is 9.14. The first-order chi connectivity index (χ1) is 8.35. The topological polar surface area (TPSA) is 38.7 Å². The Morgan fingerprint density at radius 3 is 2.76 bits per heavy atom. The molecule has 0 amide bonds. The van der Waals surface area contributed by atoms with E-state index in [2.05, 4.69) is 0 Å². The van der Waals surface area contributed by atoms with Crippen LogP contribution in [0.1, 0.15) is 5.56 Å². The van der Waals surface area contributed by atoms with Crippen molar-refractivity contribution in [3.8, 4) is 5.75 Å². The van der Waals surface area contributed by atoms with Gasteiger partial charge in [-0.25, -0.2) is 0 Å². The van der Waals surface area contributed by atoms with Crippen molar-refractivity contribution < 1.29 is 14.6 Å². The highest BCUT2D eigenvalue weighted by Crippen LogP contribution is 2.26. The Bertz CT molecular complexity index is 494. The minimum Gasteiger partial charge on any atom is -0.491 e. The van der Waals surface area contributed by atoms with E-state index in [1.807, 2.05) is 36.4 Å². The monoisotopic (exact) mass is 232 g/mol. The molecule has 0 aromatic heterocycles. The van der Waals surface area contributed by atoms with E-state index in [1.165, 1.54) is 0 Å². The van der Waals surface area contributed by atoms with Crippen molar-refractivity contribution in [1.29, 1.82) is 0 Å². The Hall–Kier alpha value is -1.58. The lowest BCUT2D eigenvalue weighted by molar-refractivity contribution is 0.147. The molecule has 3 nitrogen and oxygen atoms in total. The van der Waals surface area contributed by atoms with Gasteiger partial charge < -0.3 is 14.6 Å². The van der Waals surface area contributed by atoms with Gasteiger partial charge in [-0.3, -0.25) is 0 Å². The van der Waals surface area contributed by atoms with E-state index < -0.39 is 0 Å². The Morgan fingerprint density at radius 1 is 1.12 bits per heavy atom. The van der Waals surface area contributed by atoms with Gasteiger partial charge >= 0.3 is 0 Å². The van der Waals surface area contributed by atoms with Gasteiger partial charge in [0.2, 0.25) is 0 Å². The third-order valence-corrected chi connectivity index (χ3v) is 2.63. The highest BCUT2D eigenvalue weighted by Gasteiger charge is 2.02. The highest BCUT2D eigenvalue weighted by atomic mass is 16.5. The number of aliphatic hydroxyl groups is 1. The zero-order chi connectivity index (χ0) is 12.1.